The molecule has 1 aliphatic heterocycles. The van der Waals surface area contributed by atoms with Crippen LogP contribution < -0.4 is 5.19 Å². The number of hydrogen-bond donors (Lipinski definition) is 0. The summed E-state index contributed by atoms with van der Waals surface area (Å²) in [6.45, 7) is 8.22. The number of unbranched alkanes of at least 4 members (excludes halogenated alkanes) is 1. The Bertz CT molecular complexity index is 428. The lowest BCUT2D eigenvalue weighted by Crippen LogP contribution is -2.54. The standard InChI is InChI=1S/C19H32O4Si/c1-3-12-22-24(23-13-4-2,19-10-6-5-7-11-19)15-9-8-14-20-16-18-17-21-18/h5-7,10-11,18H,3-4,8-9,12-17H2,1-2H3. The fourth-order valence-electron chi connectivity index (χ4n) is 2.66. The second-order valence-corrected chi connectivity index (χ2v) is 9.46. The highest BCUT2D eigenvalue weighted by atomic mass is 28.4. The lowest BCUT2D eigenvalue weighted by atomic mass is 10.3. The van der Waals surface area contributed by atoms with Gasteiger partial charge in [0.05, 0.1) is 13.2 Å². The molecule has 5 heteroatoms. The van der Waals surface area contributed by atoms with E-state index in [0.29, 0.717) is 6.10 Å². The van der Waals surface area contributed by atoms with Gasteiger partial charge >= 0.3 is 8.56 Å². The largest absolute Gasteiger partial charge is 0.391 e. The number of hydrogen-bond acceptors (Lipinski definition) is 4. The van der Waals surface area contributed by atoms with E-state index in [1.165, 1.54) is 5.19 Å². The topological polar surface area (TPSA) is 40.2 Å². The second kappa shape index (κ2) is 11.0. The van der Waals surface area contributed by atoms with Crippen LogP contribution in [-0.2, 0) is 18.3 Å². The summed E-state index contributed by atoms with van der Waals surface area (Å²) in [4.78, 5) is 0. The third-order valence-corrected chi connectivity index (χ3v) is 7.61. The zero-order valence-corrected chi connectivity index (χ0v) is 16.2. The lowest BCUT2D eigenvalue weighted by Gasteiger charge is -2.31. The molecule has 0 aromatic heterocycles. The van der Waals surface area contributed by atoms with Crippen molar-refractivity contribution in [3.63, 3.8) is 0 Å². The molecule has 0 aliphatic carbocycles. The summed E-state index contributed by atoms with van der Waals surface area (Å²) in [7, 11) is -2.36. The molecule has 24 heavy (non-hydrogen) atoms. The van der Waals surface area contributed by atoms with Gasteiger partial charge in [-0.05, 0) is 36.9 Å². The van der Waals surface area contributed by atoms with Crippen molar-refractivity contribution in [3.8, 4) is 0 Å². The summed E-state index contributed by atoms with van der Waals surface area (Å²) in [5.74, 6) is 0. The minimum atomic E-state index is -2.36. The molecule has 0 bridgehead atoms. The molecule has 1 aliphatic rings. The highest BCUT2D eigenvalue weighted by Gasteiger charge is 2.39. The summed E-state index contributed by atoms with van der Waals surface area (Å²) < 4.78 is 23.6. The zero-order valence-electron chi connectivity index (χ0n) is 15.2. The van der Waals surface area contributed by atoms with E-state index in [9.17, 15) is 0 Å². The van der Waals surface area contributed by atoms with Crippen LogP contribution in [-0.4, -0.2) is 47.7 Å². The van der Waals surface area contributed by atoms with Crippen LogP contribution >= 0.6 is 0 Å². The first kappa shape index (κ1) is 19.6. The Morgan fingerprint density at radius 3 is 2.25 bits per heavy atom. The summed E-state index contributed by atoms with van der Waals surface area (Å²) >= 11 is 0. The third kappa shape index (κ3) is 6.65. The van der Waals surface area contributed by atoms with E-state index >= 15 is 0 Å². The first-order valence-corrected chi connectivity index (χ1v) is 11.4. The molecule has 2 rings (SSSR count). The predicted octanol–water partition coefficient (Wildman–Crippen LogP) is 3.38. The summed E-state index contributed by atoms with van der Waals surface area (Å²) in [6.07, 6.45) is 4.49. The van der Waals surface area contributed by atoms with Gasteiger partial charge in [-0.15, -0.1) is 0 Å². The van der Waals surface area contributed by atoms with Crippen LogP contribution in [0.25, 0.3) is 0 Å². The fraction of sp³-hybridized carbons (Fsp3) is 0.684. The molecule has 0 radical (unpaired) electrons. The first-order valence-electron chi connectivity index (χ1n) is 9.33. The van der Waals surface area contributed by atoms with E-state index in [0.717, 1.165) is 64.8 Å². The van der Waals surface area contributed by atoms with Gasteiger partial charge in [0, 0.05) is 19.8 Å². The lowest BCUT2D eigenvalue weighted by molar-refractivity contribution is 0.113. The maximum absolute atomic E-state index is 6.38. The summed E-state index contributed by atoms with van der Waals surface area (Å²) in [5, 5.41) is 1.25. The van der Waals surface area contributed by atoms with Crippen molar-refractivity contribution in [1.82, 2.24) is 0 Å². The molecule has 0 spiro atoms. The van der Waals surface area contributed by atoms with Gasteiger partial charge in [-0.1, -0.05) is 44.2 Å². The molecule has 1 unspecified atom stereocenters. The normalized spacial score (nSPS) is 17.2. The average molecular weight is 353 g/mol. The van der Waals surface area contributed by atoms with Crippen LogP contribution in [0.5, 0.6) is 0 Å². The quantitative estimate of drug-likeness (QED) is 0.292. The Balaban J connectivity index is 1.90. The molecule has 1 aromatic carbocycles. The van der Waals surface area contributed by atoms with Gasteiger partial charge < -0.3 is 18.3 Å². The van der Waals surface area contributed by atoms with Gasteiger partial charge in [0.1, 0.15) is 6.10 Å². The molecule has 1 heterocycles. The summed E-state index contributed by atoms with van der Waals surface area (Å²) in [5.41, 5.74) is 0. The Labute approximate surface area is 147 Å². The minimum absolute atomic E-state index is 0.351. The monoisotopic (exact) mass is 352 g/mol. The summed E-state index contributed by atoms with van der Waals surface area (Å²) in [6, 6.07) is 11.5. The van der Waals surface area contributed by atoms with Crippen molar-refractivity contribution < 1.29 is 18.3 Å². The van der Waals surface area contributed by atoms with Crippen LogP contribution in [0.4, 0.5) is 0 Å². The van der Waals surface area contributed by atoms with Crippen molar-refractivity contribution in [2.24, 2.45) is 0 Å². The van der Waals surface area contributed by atoms with Crippen molar-refractivity contribution >= 4 is 13.7 Å². The molecule has 136 valence electrons. The van der Waals surface area contributed by atoms with Crippen LogP contribution in [0.3, 0.4) is 0 Å². The third-order valence-electron chi connectivity index (χ3n) is 4.04. The molecule has 1 aromatic rings. The van der Waals surface area contributed by atoms with Crippen molar-refractivity contribution in [2.45, 2.75) is 51.7 Å². The van der Waals surface area contributed by atoms with E-state index in [1.807, 2.05) is 0 Å². The van der Waals surface area contributed by atoms with Gasteiger partial charge in [-0.25, -0.2) is 0 Å². The minimum Gasteiger partial charge on any atom is -0.391 e. The van der Waals surface area contributed by atoms with Gasteiger partial charge in [0.25, 0.3) is 0 Å². The Morgan fingerprint density at radius 1 is 1.00 bits per heavy atom. The van der Waals surface area contributed by atoms with Crippen LogP contribution in [0, 0.1) is 0 Å². The fourth-order valence-corrected chi connectivity index (χ4v) is 6.14. The molecular formula is C19H32O4Si. The number of epoxide rings is 1. The first-order chi connectivity index (χ1) is 11.8. The number of ether oxygens (including phenoxy) is 2. The predicted molar refractivity (Wildman–Crippen MR) is 98.9 cm³/mol. The zero-order chi connectivity index (χ0) is 17.1. The maximum Gasteiger partial charge on any atom is 0.372 e. The van der Waals surface area contributed by atoms with Crippen molar-refractivity contribution in [1.29, 1.82) is 0 Å². The van der Waals surface area contributed by atoms with Crippen LogP contribution in [0.2, 0.25) is 6.04 Å². The van der Waals surface area contributed by atoms with E-state index in [4.69, 9.17) is 18.3 Å². The molecule has 0 saturated carbocycles. The van der Waals surface area contributed by atoms with E-state index in [2.05, 4.69) is 44.2 Å². The number of rotatable bonds is 14. The Hall–Kier alpha value is -0.723. The van der Waals surface area contributed by atoms with Gasteiger partial charge in [-0.2, -0.15) is 0 Å². The van der Waals surface area contributed by atoms with Crippen molar-refractivity contribution in [3.05, 3.63) is 30.3 Å². The van der Waals surface area contributed by atoms with E-state index in [-0.39, 0.29) is 0 Å². The highest BCUT2D eigenvalue weighted by Crippen LogP contribution is 2.19. The van der Waals surface area contributed by atoms with Gasteiger partial charge in [0.15, 0.2) is 0 Å². The molecule has 1 saturated heterocycles. The van der Waals surface area contributed by atoms with E-state index < -0.39 is 8.56 Å². The molecule has 1 fully saturated rings. The maximum atomic E-state index is 6.38. The van der Waals surface area contributed by atoms with Gasteiger partial charge in [0.2, 0.25) is 0 Å². The van der Waals surface area contributed by atoms with Crippen LogP contribution in [0.15, 0.2) is 30.3 Å². The molecule has 0 amide bonds. The second-order valence-electron chi connectivity index (χ2n) is 6.30. The average Bonchev–Trinajstić information content (AvgIpc) is 3.45. The number of benzene rings is 1. The molecule has 1 atom stereocenters. The van der Waals surface area contributed by atoms with E-state index in [1.54, 1.807) is 0 Å². The molecule has 0 N–H and O–H groups in total. The highest BCUT2D eigenvalue weighted by molar-refractivity contribution is 6.81. The molecular weight excluding hydrogens is 320 g/mol. The van der Waals surface area contributed by atoms with Crippen LogP contribution in [0.1, 0.15) is 39.5 Å². The SMILES string of the molecule is CCCO[Si](CCCCOCC1CO1)(OCCC)c1ccccc1. The smallest absolute Gasteiger partial charge is 0.372 e. The van der Waals surface area contributed by atoms with Gasteiger partial charge in [-0.3, -0.25) is 0 Å². The molecule has 4 nitrogen and oxygen atoms in total. The van der Waals surface area contributed by atoms with Crippen molar-refractivity contribution in [2.75, 3.05) is 33.0 Å². The Kier molecular flexibility index (Phi) is 8.98. The Morgan fingerprint density at radius 2 is 1.67 bits per heavy atom.